The number of amides is 1. The molecule has 1 unspecified atom stereocenters. The number of likely N-dealkylation sites (N-methyl/N-ethyl adjacent to an activating group) is 1. The van der Waals surface area contributed by atoms with E-state index in [1.807, 2.05) is 11.9 Å². The monoisotopic (exact) mass is 428 g/mol. The van der Waals surface area contributed by atoms with Crippen LogP contribution in [-0.2, 0) is 26.1 Å². The fraction of sp³-hybridized carbons (Fsp3) is 0.731. The van der Waals surface area contributed by atoms with Gasteiger partial charge in [-0.05, 0) is 64.0 Å². The van der Waals surface area contributed by atoms with Gasteiger partial charge >= 0.3 is 0 Å². The quantitative estimate of drug-likeness (QED) is 0.540. The van der Waals surface area contributed by atoms with Crippen molar-refractivity contribution >= 4 is 5.91 Å². The molecule has 0 spiro atoms. The lowest BCUT2D eigenvalue weighted by atomic mass is 9.94. The van der Waals surface area contributed by atoms with Crippen LogP contribution in [0.1, 0.15) is 57.6 Å². The van der Waals surface area contributed by atoms with Gasteiger partial charge in [-0.25, -0.2) is 0 Å². The fourth-order valence-corrected chi connectivity index (χ4v) is 4.67. The van der Waals surface area contributed by atoms with E-state index in [1.165, 1.54) is 36.8 Å². The minimum absolute atomic E-state index is 0.198. The van der Waals surface area contributed by atoms with Crippen LogP contribution in [0.2, 0.25) is 0 Å². The first-order valence-electron chi connectivity index (χ1n) is 12.1. The highest BCUT2D eigenvalue weighted by atomic mass is 16.5. The molecule has 3 aliphatic rings. The summed E-state index contributed by atoms with van der Waals surface area (Å²) >= 11 is 0. The van der Waals surface area contributed by atoms with Crippen LogP contribution in [-0.4, -0.2) is 74.4 Å². The van der Waals surface area contributed by atoms with Crippen molar-refractivity contribution in [3.63, 3.8) is 0 Å². The highest BCUT2D eigenvalue weighted by Crippen LogP contribution is 2.49. The van der Waals surface area contributed by atoms with E-state index in [9.17, 15) is 4.79 Å². The van der Waals surface area contributed by atoms with Crippen LogP contribution < -0.4 is 0 Å². The summed E-state index contributed by atoms with van der Waals surface area (Å²) in [6.45, 7) is 11.4. The number of ether oxygens (including phenoxy) is 2. The lowest BCUT2D eigenvalue weighted by Gasteiger charge is -2.34. The molecule has 1 aromatic rings. The lowest BCUT2D eigenvalue weighted by molar-refractivity contribution is -0.134. The molecule has 172 valence electrons. The van der Waals surface area contributed by atoms with Crippen molar-refractivity contribution in [3.05, 3.63) is 35.4 Å². The number of hydrogen-bond donors (Lipinski definition) is 0. The highest BCUT2D eigenvalue weighted by molar-refractivity contribution is 5.78. The van der Waals surface area contributed by atoms with Gasteiger partial charge in [-0.3, -0.25) is 9.69 Å². The number of benzene rings is 1. The van der Waals surface area contributed by atoms with E-state index in [-0.39, 0.29) is 28.9 Å². The first-order chi connectivity index (χ1) is 14.8. The maximum absolute atomic E-state index is 12.0. The molecule has 1 aliphatic heterocycles. The largest absolute Gasteiger partial charge is 0.378 e. The van der Waals surface area contributed by atoms with Gasteiger partial charge in [-0.2, -0.15) is 0 Å². The summed E-state index contributed by atoms with van der Waals surface area (Å²) in [7, 11) is 1.90. The van der Waals surface area contributed by atoms with Crippen molar-refractivity contribution in [3.8, 4) is 0 Å². The molecule has 1 saturated heterocycles. The van der Waals surface area contributed by atoms with Crippen LogP contribution in [0, 0.1) is 5.41 Å². The molecule has 3 fully saturated rings. The summed E-state index contributed by atoms with van der Waals surface area (Å²) in [6, 6.07) is 9.06. The zero-order chi connectivity index (χ0) is 22.1. The van der Waals surface area contributed by atoms with Crippen molar-refractivity contribution in [2.24, 2.45) is 5.41 Å². The highest BCUT2D eigenvalue weighted by Gasteiger charge is 2.46. The van der Waals surface area contributed by atoms with E-state index < -0.39 is 0 Å². The number of piperazine rings is 1. The number of nitrogens with zero attached hydrogens (tertiary/aromatic N) is 2. The third kappa shape index (κ3) is 5.88. The summed E-state index contributed by atoms with van der Waals surface area (Å²) < 4.78 is 12.3. The van der Waals surface area contributed by atoms with E-state index in [1.54, 1.807) is 0 Å². The zero-order valence-corrected chi connectivity index (χ0v) is 19.9. The Kier molecular flexibility index (Phi) is 6.76. The summed E-state index contributed by atoms with van der Waals surface area (Å²) in [4.78, 5) is 16.2. The summed E-state index contributed by atoms with van der Waals surface area (Å²) in [6.07, 6.45) is 6.32. The van der Waals surface area contributed by atoms with E-state index >= 15 is 0 Å². The molecule has 1 aromatic carbocycles. The summed E-state index contributed by atoms with van der Waals surface area (Å²) in [5.74, 6) is 0.239. The predicted octanol–water partition coefficient (Wildman–Crippen LogP) is 3.65. The Labute approximate surface area is 188 Å². The first-order valence-corrected chi connectivity index (χ1v) is 12.1. The van der Waals surface area contributed by atoms with Gasteiger partial charge in [0.15, 0.2) is 0 Å². The standard InChI is InChI=1S/C26H40N2O3/c1-20(2)30-19-26(10-11-26)23-7-5-6-22(15-23)14-21(3)31-18-25(8-9-25)17-28-13-12-27(4)24(29)16-28/h5-7,15,20-21H,8-14,16-19H2,1-4H3. The zero-order valence-electron chi connectivity index (χ0n) is 19.9. The third-order valence-electron chi connectivity index (χ3n) is 7.34. The van der Waals surface area contributed by atoms with E-state index in [4.69, 9.17) is 9.47 Å². The molecule has 1 heterocycles. The molecule has 31 heavy (non-hydrogen) atoms. The van der Waals surface area contributed by atoms with Crippen LogP contribution in [0.5, 0.6) is 0 Å². The Morgan fingerprint density at radius 1 is 1.03 bits per heavy atom. The molecule has 4 rings (SSSR count). The number of rotatable bonds is 11. The summed E-state index contributed by atoms with van der Waals surface area (Å²) in [5.41, 5.74) is 3.28. The van der Waals surface area contributed by atoms with Gasteiger partial charge < -0.3 is 14.4 Å². The van der Waals surface area contributed by atoms with Gasteiger partial charge in [0.2, 0.25) is 5.91 Å². The molecular weight excluding hydrogens is 388 g/mol. The molecule has 1 atom stereocenters. The number of hydrogen-bond acceptors (Lipinski definition) is 4. The minimum atomic E-state index is 0.198. The van der Waals surface area contributed by atoms with E-state index in [0.717, 1.165) is 39.3 Å². The maximum atomic E-state index is 12.0. The SMILES string of the molecule is CC(C)OCC1(c2cccc(CC(C)OCC3(CN4CCN(C)C(=O)C4)CC3)c2)CC1. The molecule has 0 N–H and O–H groups in total. The Morgan fingerprint density at radius 2 is 1.81 bits per heavy atom. The topological polar surface area (TPSA) is 42.0 Å². The van der Waals surface area contributed by atoms with Gasteiger partial charge in [-0.15, -0.1) is 0 Å². The third-order valence-corrected chi connectivity index (χ3v) is 7.34. The molecule has 0 radical (unpaired) electrons. The number of carbonyl (C=O) groups excluding carboxylic acids is 1. The van der Waals surface area contributed by atoms with Crippen LogP contribution in [0.4, 0.5) is 0 Å². The van der Waals surface area contributed by atoms with Gasteiger partial charge in [0.25, 0.3) is 0 Å². The minimum Gasteiger partial charge on any atom is -0.378 e. The Morgan fingerprint density at radius 3 is 2.45 bits per heavy atom. The Hall–Kier alpha value is -1.43. The molecule has 5 heteroatoms. The van der Waals surface area contributed by atoms with Crippen LogP contribution in [0.25, 0.3) is 0 Å². The van der Waals surface area contributed by atoms with Gasteiger partial charge in [0, 0.05) is 37.5 Å². The van der Waals surface area contributed by atoms with Crippen molar-refractivity contribution < 1.29 is 14.3 Å². The second-order valence-electron chi connectivity index (χ2n) is 10.7. The predicted molar refractivity (Wildman–Crippen MR) is 123 cm³/mol. The molecule has 2 saturated carbocycles. The Bertz CT molecular complexity index is 770. The number of carbonyl (C=O) groups is 1. The van der Waals surface area contributed by atoms with Crippen molar-refractivity contribution in [1.82, 2.24) is 9.80 Å². The summed E-state index contributed by atoms with van der Waals surface area (Å²) in [5, 5.41) is 0. The van der Waals surface area contributed by atoms with Crippen LogP contribution in [0.15, 0.2) is 24.3 Å². The van der Waals surface area contributed by atoms with Gasteiger partial charge in [-0.1, -0.05) is 24.3 Å². The van der Waals surface area contributed by atoms with Gasteiger partial charge in [0.05, 0.1) is 32.0 Å². The van der Waals surface area contributed by atoms with Crippen molar-refractivity contribution in [2.75, 3.05) is 46.4 Å². The average Bonchev–Trinajstić information content (AvgIpc) is 3.65. The Balaban J connectivity index is 1.26. The first kappa shape index (κ1) is 22.8. The second-order valence-corrected chi connectivity index (χ2v) is 10.7. The second kappa shape index (κ2) is 9.21. The van der Waals surface area contributed by atoms with Crippen LogP contribution >= 0.6 is 0 Å². The maximum Gasteiger partial charge on any atom is 0.236 e. The molecule has 0 aromatic heterocycles. The van der Waals surface area contributed by atoms with Gasteiger partial charge in [0.1, 0.15) is 0 Å². The van der Waals surface area contributed by atoms with E-state index in [0.29, 0.717) is 6.54 Å². The molecule has 2 aliphatic carbocycles. The van der Waals surface area contributed by atoms with E-state index in [2.05, 4.69) is 49.9 Å². The average molecular weight is 429 g/mol. The van der Waals surface area contributed by atoms with Crippen molar-refractivity contribution in [1.29, 1.82) is 0 Å². The smallest absolute Gasteiger partial charge is 0.236 e. The lowest BCUT2D eigenvalue weighted by Crippen LogP contribution is -2.50. The van der Waals surface area contributed by atoms with Crippen molar-refractivity contribution in [2.45, 2.75) is 70.5 Å². The molecule has 1 amide bonds. The normalized spacial score (nSPS) is 23.3. The fourth-order valence-electron chi connectivity index (χ4n) is 4.67. The van der Waals surface area contributed by atoms with Crippen LogP contribution in [0.3, 0.4) is 0 Å². The molecule has 5 nitrogen and oxygen atoms in total. The molecule has 0 bridgehead atoms. The molecular formula is C26H40N2O3.